The zero-order valence-corrected chi connectivity index (χ0v) is 12.5. The summed E-state index contributed by atoms with van der Waals surface area (Å²) in [6.45, 7) is 0.300. The van der Waals surface area contributed by atoms with E-state index in [0.717, 1.165) is 10.9 Å². The molecule has 0 atom stereocenters. The second kappa shape index (κ2) is 5.90. The monoisotopic (exact) mass is 318 g/mol. The molecule has 3 aromatic rings. The second-order valence-electron chi connectivity index (χ2n) is 4.47. The highest BCUT2D eigenvalue weighted by Crippen LogP contribution is 2.35. The first-order valence-electron chi connectivity index (χ1n) is 6.39. The second-order valence-corrected chi connectivity index (χ2v) is 5.28. The van der Waals surface area contributed by atoms with Crippen LogP contribution in [0, 0.1) is 0 Å². The average Bonchev–Trinajstić information content (AvgIpc) is 2.51. The van der Waals surface area contributed by atoms with E-state index in [1.807, 2.05) is 24.3 Å². The van der Waals surface area contributed by atoms with Crippen LogP contribution in [0.15, 0.2) is 48.7 Å². The van der Waals surface area contributed by atoms with Gasteiger partial charge in [0.2, 0.25) is 0 Å². The summed E-state index contributed by atoms with van der Waals surface area (Å²) in [5.41, 5.74) is 7.20. The van der Waals surface area contributed by atoms with Crippen LogP contribution in [0.2, 0.25) is 10.0 Å². The topological polar surface area (TPSA) is 48.1 Å². The van der Waals surface area contributed by atoms with Crippen molar-refractivity contribution in [1.29, 1.82) is 0 Å². The summed E-state index contributed by atoms with van der Waals surface area (Å²) in [7, 11) is 0. The molecule has 3 nitrogen and oxygen atoms in total. The number of benzene rings is 2. The number of hydrogen-bond donors (Lipinski definition) is 1. The zero-order chi connectivity index (χ0) is 14.8. The molecule has 1 aromatic heterocycles. The van der Waals surface area contributed by atoms with E-state index in [0.29, 0.717) is 33.6 Å². The van der Waals surface area contributed by atoms with Gasteiger partial charge in [0.1, 0.15) is 11.3 Å². The summed E-state index contributed by atoms with van der Waals surface area (Å²) in [4.78, 5) is 4.34. The van der Waals surface area contributed by atoms with Gasteiger partial charge in [0.05, 0.1) is 5.02 Å². The first-order chi connectivity index (χ1) is 10.2. The SMILES string of the molecule is NCc1c(Cl)cccc1Oc1ccc(Cl)c2cccnc12. The van der Waals surface area contributed by atoms with Crippen molar-refractivity contribution < 1.29 is 4.74 Å². The average molecular weight is 319 g/mol. The van der Waals surface area contributed by atoms with E-state index in [1.54, 1.807) is 24.4 Å². The maximum absolute atomic E-state index is 6.18. The molecule has 0 saturated carbocycles. The number of halogens is 2. The van der Waals surface area contributed by atoms with Crippen molar-refractivity contribution >= 4 is 34.1 Å². The zero-order valence-electron chi connectivity index (χ0n) is 11.0. The van der Waals surface area contributed by atoms with E-state index in [1.165, 1.54) is 0 Å². The fourth-order valence-corrected chi connectivity index (χ4v) is 2.60. The first kappa shape index (κ1) is 14.1. The third-order valence-electron chi connectivity index (χ3n) is 3.18. The first-order valence-corrected chi connectivity index (χ1v) is 7.15. The summed E-state index contributed by atoms with van der Waals surface area (Å²) >= 11 is 12.3. The molecule has 0 radical (unpaired) electrons. The van der Waals surface area contributed by atoms with Gasteiger partial charge in [0.15, 0.2) is 5.75 Å². The summed E-state index contributed by atoms with van der Waals surface area (Å²) < 4.78 is 5.96. The maximum atomic E-state index is 6.18. The lowest BCUT2D eigenvalue weighted by Crippen LogP contribution is -2.00. The minimum Gasteiger partial charge on any atom is -0.455 e. The van der Waals surface area contributed by atoms with E-state index < -0.39 is 0 Å². The van der Waals surface area contributed by atoms with Crippen molar-refractivity contribution in [3.05, 3.63) is 64.3 Å². The molecular weight excluding hydrogens is 307 g/mol. The Bertz CT molecular complexity index is 805. The highest BCUT2D eigenvalue weighted by Gasteiger charge is 2.11. The number of aromatic nitrogens is 1. The maximum Gasteiger partial charge on any atom is 0.153 e. The number of nitrogens with two attached hydrogens (primary N) is 1. The molecule has 21 heavy (non-hydrogen) atoms. The Labute approximate surface area is 132 Å². The lowest BCUT2D eigenvalue weighted by atomic mass is 10.2. The third-order valence-corrected chi connectivity index (χ3v) is 3.86. The molecule has 0 saturated heterocycles. The summed E-state index contributed by atoms with van der Waals surface area (Å²) in [6, 6.07) is 12.8. The highest BCUT2D eigenvalue weighted by atomic mass is 35.5. The van der Waals surface area contributed by atoms with Crippen molar-refractivity contribution in [2.45, 2.75) is 6.54 Å². The Balaban J connectivity index is 2.11. The fourth-order valence-electron chi connectivity index (χ4n) is 2.15. The Kier molecular flexibility index (Phi) is 3.97. The lowest BCUT2D eigenvalue weighted by molar-refractivity contribution is 0.481. The molecule has 5 heteroatoms. The van der Waals surface area contributed by atoms with Gasteiger partial charge in [-0.25, -0.2) is 0 Å². The Morgan fingerprint density at radius 3 is 2.62 bits per heavy atom. The van der Waals surface area contributed by atoms with E-state index in [2.05, 4.69) is 4.98 Å². The van der Waals surface area contributed by atoms with Gasteiger partial charge in [-0.15, -0.1) is 0 Å². The fraction of sp³-hybridized carbons (Fsp3) is 0.0625. The van der Waals surface area contributed by atoms with Crippen LogP contribution in [0.5, 0.6) is 11.5 Å². The molecule has 2 aromatic carbocycles. The minimum atomic E-state index is 0.300. The molecule has 3 rings (SSSR count). The number of hydrogen-bond acceptors (Lipinski definition) is 3. The molecule has 0 bridgehead atoms. The van der Waals surface area contributed by atoms with Crippen LogP contribution in [0.3, 0.4) is 0 Å². The van der Waals surface area contributed by atoms with Crippen LogP contribution in [-0.2, 0) is 6.54 Å². The van der Waals surface area contributed by atoms with Crippen molar-refractivity contribution in [3.63, 3.8) is 0 Å². The quantitative estimate of drug-likeness (QED) is 0.755. The number of nitrogens with zero attached hydrogens (tertiary/aromatic N) is 1. The Hall–Kier alpha value is -1.81. The van der Waals surface area contributed by atoms with Gasteiger partial charge in [0.25, 0.3) is 0 Å². The van der Waals surface area contributed by atoms with Crippen LogP contribution >= 0.6 is 23.2 Å². The van der Waals surface area contributed by atoms with Crippen LogP contribution in [-0.4, -0.2) is 4.98 Å². The smallest absolute Gasteiger partial charge is 0.153 e. The van der Waals surface area contributed by atoms with Crippen LogP contribution in [0.4, 0.5) is 0 Å². The van der Waals surface area contributed by atoms with Gasteiger partial charge in [-0.1, -0.05) is 29.3 Å². The summed E-state index contributed by atoms with van der Waals surface area (Å²) in [5.74, 6) is 1.24. The predicted molar refractivity (Wildman–Crippen MR) is 86.2 cm³/mol. The third kappa shape index (κ3) is 2.68. The largest absolute Gasteiger partial charge is 0.455 e. The van der Waals surface area contributed by atoms with E-state index in [9.17, 15) is 0 Å². The molecular formula is C16H12Cl2N2O. The minimum absolute atomic E-state index is 0.300. The molecule has 0 unspecified atom stereocenters. The molecule has 0 aliphatic carbocycles. The van der Waals surface area contributed by atoms with Gasteiger partial charge in [-0.2, -0.15) is 0 Å². The number of rotatable bonds is 3. The standard InChI is InChI=1S/C16H12Cl2N2O/c17-12-4-1-5-14(11(12)9-19)21-15-7-6-13(18)10-3-2-8-20-16(10)15/h1-8H,9,19H2. The Morgan fingerprint density at radius 2 is 1.81 bits per heavy atom. The van der Waals surface area contributed by atoms with E-state index in [4.69, 9.17) is 33.7 Å². The molecule has 106 valence electrons. The molecule has 1 heterocycles. The highest BCUT2D eigenvalue weighted by molar-refractivity contribution is 6.35. The number of ether oxygens (including phenoxy) is 1. The molecule has 0 spiro atoms. The van der Waals surface area contributed by atoms with E-state index in [-0.39, 0.29) is 0 Å². The normalized spacial score (nSPS) is 10.8. The molecule has 0 aliphatic rings. The summed E-state index contributed by atoms with van der Waals surface area (Å²) in [6.07, 6.45) is 1.70. The van der Waals surface area contributed by atoms with Crippen LogP contribution < -0.4 is 10.5 Å². The van der Waals surface area contributed by atoms with Gasteiger partial charge < -0.3 is 10.5 Å². The van der Waals surface area contributed by atoms with Gasteiger partial charge >= 0.3 is 0 Å². The molecule has 0 aliphatic heterocycles. The van der Waals surface area contributed by atoms with Crippen molar-refractivity contribution in [3.8, 4) is 11.5 Å². The number of pyridine rings is 1. The van der Waals surface area contributed by atoms with Gasteiger partial charge in [-0.3, -0.25) is 4.98 Å². The van der Waals surface area contributed by atoms with Crippen LogP contribution in [0.1, 0.15) is 5.56 Å². The van der Waals surface area contributed by atoms with Crippen molar-refractivity contribution in [2.24, 2.45) is 5.73 Å². The summed E-state index contributed by atoms with van der Waals surface area (Å²) in [5, 5.41) is 2.06. The lowest BCUT2D eigenvalue weighted by Gasteiger charge is -2.13. The van der Waals surface area contributed by atoms with E-state index >= 15 is 0 Å². The predicted octanol–water partition coefficient (Wildman–Crippen LogP) is 4.79. The Morgan fingerprint density at radius 1 is 0.952 bits per heavy atom. The molecule has 2 N–H and O–H groups in total. The van der Waals surface area contributed by atoms with Gasteiger partial charge in [-0.05, 0) is 36.4 Å². The molecule has 0 amide bonds. The van der Waals surface area contributed by atoms with Crippen molar-refractivity contribution in [2.75, 3.05) is 0 Å². The molecule has 0 fully saturated rings. The van der Waals surface area contributed by atoms with Gasteiger partial charge in [0, 0.05) is 28.7 Å². The van der Waals surface area contributed by atoms with Crippen LogP contribution in [0.25, 0.3) is 10.9 Å². The number of fused-ring (bicyclic) bond motifs is 1. The van der Waals surface area contributed by atoms with Crippen molar-refractivity contribution in [1.82, 2.24) is 4.98 Å².